The van der Waals surface area contributed by atoms with Crippen molar-refractivity contribution in [2.75, 3.05) is 0 Å². The van der Waals surface area contributed by atoms with E-state index in [1.54, 1.807) is 6.92 Å². The quantitative estimate of drug-likeness (QED) is 0.592. The Kier molecular flexibility index (Phi) is 2.36. The van der Waals surface area contributed by atoms with E-state index in [0.29, 0.717) is 0 Å². The van der Waals surface area contributed by atoms with E-state index in [0.717, 1.165) is 12.8 Å². The Morgan fingerprint density at radius 3 is 2.56 bits per heavy atom. The van der Waals surface area contributed by atoms with Gasteiger partial charge < -0.3 is 10.4 Å². The van der Waals surface area contributed by atoms with Crippen molar-refractivity contribution in [1.29, 1.82) is 0 Å². The highest BCUT2D eigenvalue weighted by molar-refractivity contribution is 6.07. The van der Waals surface area contributed by atoms with Gasteiger partial charge in [-0.25, -0.2) is 4.79 Å². The summed E-state index contributed by atoms with van der Waals surface area (Å²) in [6.45, 7) is 1.55. The molecule has 2 atom stereocenters. The number of hydrogen-bond donors (Lipinski definition) is 3. The molecule has 1 unspecified atom stereocenters. The summed E-state index contributed by atoms with van der Waals surface area (Å²) in [6, 6.07) is -0.519. The van der Waals surface area contributed by atoms with E-state index in [1.807, 2.05) is 0 Å². The van der Waals surface area contributed by atoms with Gasteiger partial charge in [0.25, 0.3) is 5.91 Å². The van der Waals surface area contributed by atoms with Crippen LogP contribution in [0.3, 0.4) is 0 Å². The van der Waals surface area contributed by atoms with Crippen LogP contribution in [-0.4, -0.2) is 28.6 Å². The molecule has 0 radical (unpaired) electrons. The average Bonchev–Trinajstić information content (AvgIpc) is 2.95. The van der Waals surface area contributed by atoms with Gasteiger partial charge in [0.2, 0.25) is 0 Å². The number of aliphatic carboxylic acids is 1. The van der Waals surface area contributed by atoms with Crippen molar-refractivity contribution in [1.82, 2.24) is 10.6 Å². The number of nitrogens with one attached hydrogen (secondary N) is 2. The molecule has 0 aromatic heterocycles. The average molecular weight is 226 g/mol. The molecule has 0 spiro atoms. The summed E-state index contributed by atoms with van der Waals surface area (Å²) >= 11 is 0. The lowest BCUT2D eigenvalue weighted by molar-refractivity contribution is -0.142. The van der Waals surface area contributed by atoms with Gasteiger partial charge in [-0.15, -0.1) is 0 Å². The second-order valence-electron chi connectivity index (χ2n) is 4.60. The SMILES string of the molecule is CC(C[C@@]1(C2CC2)NC(=O)NC1=O)C(=O)O. The molecule has 1 saturated heterocycles. The second kappa shape index (κ2) is 3.47. The lowest BCUT2D eigenvalue weighted by atomic mass is 9.84. The van der Waals surface area contributed by atoms with Gasteiger partial charge in [-0.2, -0.15) is 0 Å². The third-order valence-corrected chi connectivity index (χ3v) is 3.29. The van der Waals surface area contributed by atoms with E-state index in [9.17, 15) is 14.4 Å². The zero-order valence-electron chi connectivity index (χ0n) is 8.95. The summed E-state index contributed by atoms with van der Waals surface area (Å²) in [7, 11) is 0. The largest absolute Gasteiger partial charge is 0.481 e. The summed E-state index contributed by atoms with van der Waals surface area (Å²) in [5.41, 5.74) is -0.991. The maximum atomic E-state index is 11.8. The number of hydrogen-bond acceptors (Lipinski definition) is 3. The first-order valence-corrected chi connectivity index (χ1v) is 5.32. The number of carboxylic acid groups (broad SMARTS) is 1. The van der Waals surface area contributed by atoms with Crippen LogP contribution in [0.2, 0.25) is 0 Å². The summed E-state index contributed by atoms with van der Waals surface area (Å²) in [4.78, 5) is 33.7. The Hall–Kier alpha value is -1.59. The maximum absolute atomic E-state index is 11.8. The molecule has 6 nitrogen and oxygen atoms in total. The van der Waals surface area contributed by atoms with E-state index in [-0.39, 0.29) is 18.2 Å². The molecule has 2 aliphatic rings. The zero-order chi connectivity index (χ0) is 11.9. The highest BCUT2D eigenvalue weighted by atomic mass is 16.4. The molecule has 0 bridgehead atoms. The first-order chi connectivity index (χ1) is 7.45. The van der Waals surface area contributed by atoms with Crippen LogP contribution < -0.4 is 10.6 Å². The van der Waals surface area contributed by atoms with E-state index in [1.165, 1.54) is 0 Å². The molecule has 1 saturated carbocycles. The number of carbonyl (C=O) groups excluding carboxylic acids is 2. The van der Waals surface area contributed by atoms with Gasteiger partial charge in [-0.1, -0.05) is 6.92 Å². The topological polar surface area (TPSA) is 95.5 Å². The number of carboxylic acids is 1. The number of imide groups is 1. The minimum absolute atomic E-state index is 0.0840. The lowest BCUT2D eigenvalue weighted by Gasteiger charge is -2.27. The second-order valence-corrected chi connectivity index (χ2v) is 4.60. The lowest BCUT2D eigenvalue weighted by Crippen LogP contribution is -2.50. The Bertz CT molecular complexity index is 364. The molecule has 1 heterocycles. The summed E-state index contributed by atoms with van der Waals surface area (Å²) in [5, 5.41) is 13.7. The molecule has 3 amide bonds. The van der Waals surface area contributed by atoms with Crippen LogP contribution in [-0.2, 0) is 9.59 Å². The molecule has 6 heteroatoms. The van der Waals surface area contributed by atoms with E-state index in [2.05, 4.69) is 10.6 Å². The third kappa shape index (κ3) is 1.64. The molecule has 0 aromatic carbocycles. The highest BCUT2D eigenvalue weighted by Crippen LogP contribution is 2.44. The summed E-state index contributed by atoms with van der Waals surface area (Å²) in [6.07, 6.45) is 1.88. The fraction of sp³-hybridized carbons (Fsp3) is 0.700. The molecule has 88 valence electrons. The van der Waals surface area contributed by atoms with Gasteiger partial charge in [0.15, 0.2) is 0 Å². The smallest absolute Gasteiger partial charge is 0.322 e. The van der Waals surface area contributed by atoms with E-state index in [4.69, 9.17) is 5.11 Å². The molecule has 1 aliphatic carbocycles. The first-order valence-electron chi connectivity index (χ1n) is 5.32. The molecule has 1 aliphatic heterocycles. The van der Waals surface area contributed by atoms with Crippen molar-refractivity contribution in [2.24, 2.45) is 11.8 Å². The van der Waals surface area contributed by atoms with Crippen molar-refractivity contribution in [3.8, 4) is 0 Å². The predicted octanol–water partition coefficient (Wildman–Crippen LogP) is 0.0854. The fourth-order valence-electron chi connectivity index (χ4n) is 2.25. The number of amides is 3. The van der Waals surface area contributed by atoms with Gasteiger partial charge in [0.05, 0.1) is 5.92 Å². The monoisotopic (exact) mass is 226 g/mol. The van der Waals surface area contributed by atoms with Crippen molar-refractivity contribution in [2.45, 2.75) is 31.7 Å². The Morgan fingerprint density at radius 1 is 1.56 bits per heavy atom. The predicted molar refractivity (Wildman–Crippen MR) is 53.5 cm³/mol. The van der Waals surface area contributed by atoms with E-state index >= 15 is 0 Å². The molecule has 2 fully saturated rings. The van der Waals surface area contributed by atoms with Crippen molar-refractivity contribution < 1.29 is 19.5 Å². The molecule has 16 heavy (non-hydrogen) atoms. The van der Waals surface area contributed by atoms with Crippen molar-refractivity contribution in [3.05, 3.63) is 0 Å². The minimum atomic E-state index is -0.991. The molecule has 3 N–H and O–H groups in total. The van der Waals surface area contributed by atoms with Crippen LogP contribution in [0.1, 0.15) is 26.2 Å². The number of urea groups is 1. The van der Waals surface area contributed by atoms with Gasteiger partial charge in [0, 0.05) is 0 Å². The maximum Gasteiger partial charge on any atom is 0.322 e. The van der Waals surface area contributed by atoms with Gasteiger partial charge in [-0.05, 0) is 25.2 Å². The Balaban J connectivity index is 2.19. The normalized spacial score (nSPS) is 30.8. The zero-order valence-corrected chi connectivity index (χ0v) is 8.95. The van der Waals surface area contributed by atoms with Crippen LogP contribution in [0.5, 0.6) is 0 Å². The summed E-state index contributed by atoms with van der Waals surface area (Å²) < 4.78 is 0. The van der Waals surface area contributed by atoms with Crippen LogP contribution in [0.4, 0.5) is 4.79 Å². The van der Waals surface area contributed by atoms with Crippen LogP contribution in [0, 0.1) is 11.8 Å². The van der Waals surface area contributed by atoms with Crippen LogP contribution >= 0.6 is 0 Å². The molecule has 2 rings (SSSR count). The van der Waals surface area contributed by atoms with Gasteiger partial charge in [0.1, 0.15) is 5.54 Å². The van der Waals surface area contributed by atoms with Crippen molar-refractivity contribution >= 4 is 17.9 Å². The fourth-order valence-corrected chi connectivity index (χ4v) is 2.25. The Morgan fingerprint density at radius 2 is 2.19 bits per heavy atom. The highest BCUT2D eigenvalue weighted by Gasteiger charge is 2.56. The van der Waals surface area contributed by atoms with E-state index < -0.39 is 23.5 Å². The number of carbonyl (C=O) groups is 3. The molecular formula is C10H14N2O4. The minimum Gasteiger partial charge on any atom is -0.481 e. The van der Waals surface area contributed by atoms with Crippen molar-refractivity contribution in [3.63, 3.8) is 0 Å². The molecule has 0 aromatic rings. The first kappa shape index (κ1) is 10.9. The van der Waals surface area contributed by atoms with Gasteiger partial charge >= 0.3 is 12.0 Å². The standard InChI is InChI=1S/C10H14N2O4/c1-5(7(13)14)4-10(6-2-3-6)8(15)11-9(16)12-10/h5-6H,2-4H2,1H3,(H,13,14)(H2,11,12,15,16)/t5?,10-/m0/s1. The Labute approximate surface area is 92.4 Å². The third-order valence-electron chi connectivity index (χ3n) is 3.29. The summed E-state index contributed by atoms with van der Waals surface area (Å²) in [5.74, 6) is -1.90. The number of rotatable bonds is 4. The van der Waals surface area contributed by atoms with Crippen LogP contribution in [0.15, 0.2) is 0 Å². The molecular weight excluding hydrogens is 212 g/mol. The van der Waals surface area contributed by atoms with Gasteiger partial charge in [-0.3, -0.25) is 14.9 Å². The van der Waals surface area contributed by atoms with Crippen LogP contribution in [0.25, 0.3) is 0 Å².